The first-order valence-corrected chi connectivity index (χ1v) is 4.45. The highest BCUT2D eigenvalue weighted by Gasteiger charge is 2.42. The van der Waals surface area contributed by atoms with Crippen LogP contribution in [0.15, 0.2) is 0 Å². The van der Waals surface area contributed by atoms with Crippen molar-refractivity contribution in [2.45, 2.75) is 25.7 Å². The normalized spacial score (nSPS) is 41.4. The minimum Gasteiger partial charge on any atom is -0.389 e. The fourth-order valence-corrected chi connectivity index (χ4v) is 2.76. The molecule has 11 heavy (non-hydrogen) atoms. The number of hydrogen-bond acceptors (Lipinski definition) is 2. The SMILES string of the molecule is O=C(CO)[C@H]1C[C@H]2CC[C@H]1C2. The monoisotopic (exact) mass is 154 g/mol. The maximum atomic E-state index is 11.2. The van der Waals surface area contributed by atoms with E-state index in [2.05, 4.69) is 0 Å². The third-order valence-corrected chi connectivity index (χ3v) is 3.31. The first-order chi connectivity index (χ1) is 5.31. The number of ketones is 1. The molecule has 0 amide bonds. The van der Waals surface area contributed by atoms with E-state index >= 15 is 0 Å². The molecule has 0 aromatic heterocycles. The maximum Gasteiger partial charge on any atom is 0.161 e. The van der Waals surface area contributed by atoms with Crippen LogP contribution < -0.4 is 0 Å². The number of carbonyl (C=O) groups is 1. The van der Waals surface area contributed by atoms with E-state index in [1.807, 2.05) is 0 Å². The minimum absolute atomic E-state index is 0.0807. The van der Waals surface area contributed by atoms with Gasteiger partial charge in [-0.25, -0.2) is 0 Å². The summed E-state index contributed by atoms with van der Waals surface area (Å²) in [6.07, 6.45) is 4.85. The molecule has 0 radical (unpaired) electrons. The van der Waals surface area contributed by atoms with Crippen molar-refractivity contribution in [3.05, 3.63) is 0 Å². The van der Waals surface area contributed by atoms with E-state index < -0.39 is 0 Å². The van der Waals surface area contributed by atoms with Gasteiger partial charge in [-0.2, -0.15) is 0 Å². The van der Waals surface area contributed by atoms with Crippen molar-refractivity contribution in [1.29, 1.82) is 0 Å². The van der Waals surface area contributed by atoms with Crippen LogP contribution in [0.3, 0.4) is 0 Å². The molecule has 2 rings (SSSR count). The summed E-state index contributed by atoms with van der Waals surface area (Å²) >= 11 is 0. The van der Waals surface area contributed by atoms with Gasteiger partial charge in [-0.1, -0.05) is 6.42 Å². The summed E-state index contributed by atoms with van der Waals surface area (Å²) in [5.74, 6) is 1.73. The zero-order chi connectivity index (χ0) is 7.84. The van der Waals surface area contributed by atoms with E-state index in [0.29, 0.717) is 5.92 Å². The molecular formula is C9H14O2. The Morgan fingerprint density at radius 1 is 1.36 bits per heavy atom. The zero-order valence-electron chi connectivity index (χ0n) is 6.62. The molecule has 0 aromatic rings. The smallest absolute Gasteiger partial charge is 0.161 e. The van der Waals surface area contributed by atoms with Gasteiger partial charge < -0.3 is 5.11 Å². The first kappa shape index (κ1) is 7.29. The van der Waals surface area contributed by atoms with Crippen molar-refractivity contribution in [3.8, 4) is 0 Å². The lowest BCUT2D eigenvalue weighted by Gasteiger charge is -2.18. The van der Waals surface area contributed by atoms with Crippen molar-refractivity contribution in [2.75, 3.05) is 6.61 Å². The maximum absolute atomic E-state index is 11.2. The minimum atomic E-state index is -0.242. The molecule has 0 spiro atoms. The highest BCUT2D eigenvalue weighted by Crippen LogP contribution is 2.48. The summed E-state index contributed by atoms with van der Waals surface area (Å²) in [7, 11) is 0. The average Bonchev–Trinajstić information content (AvgIpc) is 2.62. The van der Waals surface area contributed by atoms with Crippen LogP contribution in [0, 0.1) is 17.8 Å². The van der Waals surface area contributed by atoms with Crippen LogP contribution in [0.2, 0.25) is 0 Å². The summed E-state index contributed by atoms with van der Waals surface area (Å²) in [4.78, 5) is 11.2. The molecule has 1 N–H and O–H groups in total. The molecular weight excluding hydrogens is 140 g/mol. The Balaban J connectivity index is 2.02. The molecule has 2 heteroatoms. The van der Waals surface area contributed by atoms with Gasteiger partial charge >= 0.3 is 0 Å². The molecule has 2 fully saturated rings. The Morgan fingerprint density at radius 3 is 2.64 bits per heavy atom. The molecule has 3 atom stereocenters. The van der Waals surface area contributed by atoms with Gasteiger partial charge in [0.25, 0.3) is 0 Å². The lowest BCUT2D eigenvalue weighted by atomic mass is 9.86. The van der Waals surface area contributed by atoms with Crippen molar-refractivity contribution in [2.24, 2.45) is 17.8 Å². The largest absolute Gasteiger partial charge is 0.389 e. The van der Waals surface area contributed by atoms with Crippen LogP contribution in [0.1, 0.15) is 25.7 Å². The molecule has 0 aromatic carbocycles. The quantitative estimate of drug-likeness (QED) is 0.644. The van der Waals surface area contributed by atoms with E-state index in [-0.39, 0.29) is 18.3 Å². The second-order valence-corrected chi connectivity index (χ2v) is 3.91. The highest BCUT2D eigenvalue weighted by molar-refractivity contribution is 5.82. The van der Waals surface area contributed by atoms with Gasteiger partial charge in [0, 0.05) is 5.92 Å². The van der Waals surface area contributed by atoms with Crippen LogP contribution >= 0.6 is 0 Å². The van der Waals surface area contributed by atoms with Crippen LogP contribution in [0.4, 0.5) is 0 Å². The predicted octanol–water partition coefficient (Wildman–Crippen LogP) is 0.984. The Labute approximate surface area is 66.6 Å². The molecule has 2 saturated carbocycles. The van der Waals surface area contributed by atoms with Gasteiger partial charge in [0.05, 0.1) is 0 Å². The number of hydrogen-bond donors (Lipinski definition) is 1. The Hall–Kier alpha value is -0.370. The molecule has 0 saturated heterocycles. The number of Topliss-reactive ketones (excluding diaryl/α,β-unsaturated/α-hetero) is 1. The summed E-state index contributed by atoms with van der Waals surface area (Å²) in [6, 6.07) is 0. The van der Waals surface area contributed by atoms with Crippen LogP contribution in [0.25, 0.3) is 0 Å². The third kappa shape index (κ3) is 1.09. The standard InChI is InChI=1S/C9H14O2/c10-5-9(11)8-4-6-1-2-7(8)3-6/h6-8,10H,1-5H2/t6-,7-,8-/m0/s1. The lowest BCUT2D eigenvalue weighted by molar-refractivity contribution is -0.127. The Kier molecular flexibility index (Phi) is 1.72. The predicted molar refractivity (Wildman–Crippen MR) is 41.0 cm³/mol. The van der Waals surface area contributed by atoms with E-state index in [1.165, 1.54) is 19.3 Å². The van der Waals surface area contributed by atoms with E-state index in [9.17, 15) is 4.79 Å². The fourth-order valence-electron chi connectivity index (χ4n) is 2.76. The molecule has 2 aliphatic rings. The van der Waals surface area contributed by atoms with Crippen LogP contribution in [-0.2, 0) is 4.79 Å². The van der Waals surface area contributed by atoms with Crippen molar-refractivity contribution in [3.63, 3.8) is 0 Å². The summed E-state index contributed by atoms with van der Waals surface area (Å²) in [6.45, 7) is -0.242. The van der Waals surface area contributed by atoms with Crippen molar-refractivity contribution < 1.29 is 9.90 Å². The van der Waals surface area contributed by atoms with Gasteiger partial charge in [-0.15, -0.1) is 0 Å². The van der Waals surface area contributed by atoms with Crippen LogP contribution in [0.5, 0.6) is 0 Å². The fraction of sp³-hybridized carbons (Fsp3) is 0.889. The number of carbonyl (C=O) groups excluding carboxylic acids is 1. The van der Waals surface area contributed by atoms with Gasteiger partial charge in [0.15, 0.2) is 5.78 Å². The molecule has 0 unspecified atom stereocenters. The molecule has 0 aliphatic heterocycles. The van der Waals surface area contributed by atoms with Crippen molar-refractivity contribution >= 4 is 5.78 Å². The molecule has 62 valence electrons. The van der Waals surface area contributed by atoms with Gasteiger partial charge in [-0.3, -0.25) is 4.79 Å². The summed E-state index contributed by atoms with van der Waals surface area (Å²) < 4.78 is 0. The number of fused-ring (bicyclic) bond motifs is 2. The zero-order valence-corrected chi connectivity index (χ0v) is 6.62. The molecule has 2 aliphatic carbocycles. The van der Waals surface area contributed by atoms with Crippen LogP contribution in [-0.4, -0.2) is 17.5 Å². The number of aliphatic hydroxyl groups is 1. The summed E-state index contributed by atoms with van der Waals surface area (Å²) in [5.41, 5.74) is 0. The second-order valence-electron chi connectivity index (χ2n) is 3.91. The van der Waals surface area contributed by atoms with Gasteiger partial charge in [-0.05, 0) is 31.1 Å². The third-order valence-electron chi connectivity index (χ3n) is 3.31. The Bertz CT molecular complexity index is 176. The molecule has 2 nitrogen and oxygen atoms in total. The highest BCUT2D eigenvalue weighted by atomic mass is 16.3. The number of rotatable bonds is 2. The van der Waals surface area contributed by atoms with E-state index in [1.54, 1.807) is 0 Å². The van der Waals surface area contributed by atoms with Gasteiger partial charge in [0.1, 0.15) is 6.61 Å². The topological polar surface area (TPSA) is 37.3 Å². The number of aliphatic hydroxyl groups excluding tert-OH is 1. The first-order valence-electron chi connectivity index (χ1n) is 4.45. The van der Waals surface area contributed by atoms with E-state index in [0.717, 1.165) is 12.3 Å². The molecule has 2 bridgehead atoms. The van der Waals surface area contributed by atoms with Gasteiger partial charge in [0.2, 0.25) is 0 Å². The average molecular weight is 154 g/mol. The Morgan fingerprint density at radius 2 is 2.18 bits per heavy atom. The van der Waals surface area contributed by atoms with Crippen molar-refractivity contribution in [1.82, 2.24) is 0 Å². The summed E-state index contributed by atoms with van der Waals surface area (Å²) in [5, 5.41) is 8.67. The molecule has 0 heterocycles. The van der Waals surface area contributed by atoms with E-state index in [4.69, 9.17) is 5.11 Å². The lowest BCUT2D eigenvalue weighted by Crippen LogP contribution is -2.23. The second kappa shape index (κ2) is 2.59.